The van der Waals surface area contributed by atoms with Crippen LogP contribution in [0, 0.1) is 11.8 Å². The van der Waals surface area contributed by atoms with Crippen LogP contribution < -0.4 is 11.1 Å². The normalized spacial score (nSPS) is 26.1. The lowest BCUT2D eigenvalue weighted by Gasteiger charge is -2.14. The zero-order valence-electron chi connectivity index (χ0n) is 8.03. The Bertz CT molecular complexity index is 230. The maximum absolute atomic E-state index is 11.5. The van der Waals surface area contributed by atoms with Gasteiger partial charge >= 0.3 is 5.97 Å². The summed E-state index contributed by atoms with van der Waals surface area (Å²) in [5.41, 5.74) is 5.24. The maximum Gasteiger partial charge on any atom is 0.307 e. The molecule has 1 rings (SSSR count). The van der Waals surface area contributed by atoms with E-state index in [1.54, 1.807) is 0 Å². The molecule has 0 aromatic heterocycles. The first-order valence-corrected chi connectivity index (χ1v) is 4.87. The smallest absolute Gasteiger partial charge is 0.307 e. The van der Waals surface area contributed by atoms with Gasteiger partial charge in [-0.2, -0.15) is 0 Å². The molecule has 5 nitrogen and oxygen atoms in total. The molecule has 5 heteroatoms. The highest BCUT2D eigenvalue weighted by atomic mass is 16.4. The van der Waals surface area contributed by atoms with E-state index in [0.29, 0.717) is 25.9 Å². The molecule has 2 unspecified atom stereocenters. The van der Waals surface area contributed by atoms with Gasteiger partial charge < -0.3 is 16.2 Å². The van der Waals surface area contributed by atoms with Gasteiger partial charge in [0.2, 0.25) is 5.91 Å². The van der Waals surface area contributed by atoms with Crippen LogP contribution in [-0.2, 0) is 9.59 Å². The predicted molar refractivity (Wildman–Crippen MR) is 50.5 cm³/mol. The van der Waals surface area contributed by atoms with Crippen molar-refractivity contribution >= 4 is 11.9 Å². The Balaban J connectivity index is 2.49. The number of aliphatic carboxylic acids is 1. The summed E-state index contributed by atoms with van der Waals surface area (Å²) in [5, 5.41) is 11.5. The van der Waals surface area contributed by atoms with Gasteiger partial charge in [0.25, 0.3) is 0 Å². The molecule has 0 heterocycles. The summed E-state index contributed by atoms with van der Waals surface area (Å²) in [6.45, 7) is 0.803. The molecule has 0 aromatic rings. The van der Waals surface area contributed by atoms with Gasteiger partial charge in [0.1, 0.15) is 0 Å². The van der Waals surface area contributed by atoms with Crippen molar-refractivity contribution in [1.29, 1.82) is 0 Å². The third kappa shape index (κ3) is 2.45. The van der Waals surface area contributed by atoms with E-state index in [4.69, 9.17) is 10.8 Å². The Morgan fingerprint density at radius 3 is 2.57 bits per heavy atom. The zero-order valence-corrected chi connectivity index (χ0v) is 8.03. The minimum absolute atomic E-state index is 0.166. The number of amides is 1. The van der Waals surface area contributed by atoms with Crippen molar-refractivity contribution in [2.75, 3.05) is 13.1 Å². The lowest BCUT2D eigenvalue weighted by molar-refractivity contribution is -0.146. The maximum atomic E-state index is 11.5. The second kappa shape index (κ2) is 4.95. The third-order valence-corrected chi connectivity index (χ3v) is 2.61. The summed E-state index contributed by atoms with van der Waals surface area (Å²) in [6.07, 6.45) is 2.10. The number of rotatable bonds is 4. The SMILES string of the molecule is NCCNC(=O)C1CCCC1C(=O)O. The van der Waals surface area contributed by atoms with Gasteiger partial charge in [0.05, 0.1) is 11.8 Å². The predicted octanol–water partition coefficient (Wildman–Crippen LogP) is -0.438. The zero-order chi connectivity index (χ0) is 10.6. The average molecular weight is 200 g/mol. The fourth-order valence-corrected chi connectivity index (χ4v) is 1.90. The van der Waals surface area contributed by atoms with E-state index in [1.165, 1.54) is 0 Å². The van der Waals surface area contributed by atoms with Crippen molar-refractivity contribution in [3.8, 4) is 0 Å². The molecular weight excluding hydrogens is 184 g/mol. The fourth-order valence-electron chi connectivity index (χ4n) is 1.90. The molecule has 2 atom stereocenters. The monoisotopic (exact) mass is 200 g/mol. The van der Waals surface area contributed by atoms with Crippen LogP contribution in [0.5, 0.6) is 0 Å². The van der Waals surface area contributed by atoms with Gasteiger partial charge in [-0.25, -0.2) is 0 Å². The molecule has 1 fully saturated rings. The van der Waals surface area contributed by atoms with E-state index in [-0.39, 0.29) is 11.8 Å². The molecule has 0 aromatic carbocycles. The molecule has 14 heavy (non-hydrogen) atoms. The highest BCUT2D eigenvalue weighted by Gasteiger charge is 2.37. The van der Waals surface area contributed by atoms with Crippen LogP contribution >= 0.6 is 0 Å². The van der Waals surface area contributed by atoms with E-state index in [2.05, 4.69) is 5.32 Å². The van der Waals surface area contributed by atoms with E-state index < -0.39 is 11.9 Å². The standard InChI is InChI=1S/C9H16N2O3/c10-4-5-11-8(12)6-2-1-3-7(6)9(13)14/h6-7H,1-5,10H2,(H,11,12)(H,13,14). The van der Waals surface area contributed by atoms with E-state index >= 15 is 0 Å². The molecule has 0 spiro atoms. The number of carbonyl (C=O) groups excluding carboxylic acids is 1. The van der Waals surface area contributed by atoms with Gasteiger partial charge in [0, 0.05) is 13.1 Å². The molecule has 1 saturated carbocycles. The van der Waals surface area contributed by atoms with Crippen molar-refractivity contribution in [1.82, 2.24) is 5.32 Å². The van der Waals surface area contributed by atoms with Gasteiger partial charge in [0.15, 0.2) is 0 Å². The molecule has 0 bridgehead atoms. The van der Waals surface area contributed by atoms with Crippen LogP contribution in [0.15, 0.2) is 0 Å². The number of nitrogens with two attached hydrogens (primary N) is 1. The lowest BCUT2D eigenvalue weighted by atomic mass is 9.95. The number of carboxylic acids is 1. The first-order chi connectivity index (χ1) is 6.66. The third-order valence-electron chi connectivity index (χ3n) is 2.61. The van der Waals surface area contributed by atoms with Gasteiger partial charge in [-0.05, 0) is 12.8 Å². The molecule has 1 amide bonds. The van der Waals surface area contributed by atoms with E-state index in [1.807, 2.05) is 0 Å². The quantitative estimate of drug-likeness (QED) is 0.573. The number of hydrogen-bond donors (Lipinski definition) is 3. The molecule has 4 N–H and O–H groups in total. The van der Waals surface area contributed by atoms with Crippen molar-refractivity contribution < 1.29 is 14.7 Å². The lowest BCUT2D eigenvalue weighted by Crippen LogP contribution is -2.37. The van der Waals surface area contributed by atoms with Crippen LogP contribution in [0.2, 0.25) is 0 Å². The van der Waals surface area contributed by atoms with Gasteiger partial charge in [-0.1, -0.05) is 6.42 Å². The Hall–Kier alpha value is -1.10. The Labute approximate surface area is 82.7 Å². The number of hydrogen-bond acceptors (Lipinski definition) is 3. The van der Waals surface area contributed by atoms with Crippen molar-refractivity contribution in [2.45, 2.75) is 19.3 Å². The second-order valence-corrected chi connectivity index (χ2v) is 3.56. The van der Waals surface area contributed by atoms with E-state index in [0.717, 1.165) is 6.42 Å². The average Bonchev–Trinajstić information content (AvgIpc) is 2.62. The van der Waals surface area contributed by atoms with E-state index in [9.17, 15) is 9.59 Å². The first-order valence-electron chi connectivity index (χ1n) is 4.87. The fraction of sp³-hybridized carbons (Fsp3) is 0.778. The Morgan fingerprint density at radius 2 is 2.00 bits per heavy atom. The molecule has 80 valence electrons. The Kier molecular flexibility index (Phi) is 3.88. The molecule has 1 aliphatic rings. The van der Waals surface area contributed by atoms with Crippen molar-refractivity contribution in [3.63, 3.8) is 0 Å². The summed E-state index contributed by atoms with van der Waals surface area (Å²) >= 11 is 0. The first kappa shape index (κ1) is 11.0. The van der Waals surface area contributed by atoms with Gasteiger partial charge in [-0.3, -0.25) is 9.59 Å². The van der Waals surface area contributed by atoms with Crippen LogP contribution in [0.25, 0.3) is 0 Å². The summed E-state index contributed by atoms with van der Waals surface area (Å²) in [4.78, 5) is 22.3. The van der Waals surface area contributed by atoms with Crippen LogP contribution in [-0.4, -0.2) is 30.1 Å². The molecule has 1 aliphatic carbocycles. The second-order valence-electron chi connectivity index (χ2n) is 3.56. The van der Waals surface area contributed by atoms with Crippen LogP contribution in [0.4, 0.5) is 0 Å². The summed E-state index contributed by atoms with van der Waals surface area (Å²) in [5.74, 6) is -1.90. The van der Waals surface area contributed by atoms with Gasteiger partial charge in [-0.15, -0.1) is 0 Å². The Morgan fingerprint density at radius 1 is 1.36 bits per heavy atom. The molecular formula is C9H16N2O3. The highest BCUT2D eigenvalue weighted by molar-refractivity contribution is 5.85. The van der Waals surface area contributed by atoms with Crippen LogP contribution in [0.3, 0.4) is 0 Å². The molecule has 0 aliphatic heterocycles. The molecule has 0 saturated heterocycles. The number of carbonyl (C=O) groups is 2. The number of nitrogens with one attached hydrogen (secondary N) is 1. The summed E-state index contributed by atoms with van der Waals surface area (Å²) < 4.78 is 0. The van der Waals surface area contributed by atoms with Crippen molar-refractivity contribution in [3.05, 3.63) is 0 Å². The minimum Gasteiger partial charge on any atom is -0.481 e. The topological polar surface area (TPSA) is 92.4 Å². The largest absolute Gasteiger partial charge is 0.481 e. The summed E-state index contributed by atoms with van der Waals surface area (Å²) in [7, 11) is 0. The highest BCUT2D eigenvalue weighted by Crippen LogP contribution is 2.31. The van der Waals surface area contributed by atoms with Crippen molar-refractivity contribution in [2.24, 2.45) is 17.6 Å². The minimum atomic E-state index is -0.865. The van der Waals surface area contributed by atoms with Crippen LogP contribution in [0.1, 0.15) is 19.3 Å². The number of carboxylic acid groups (broad SMARTS) is 1. The summed E-state index contributed by atoms with van der Waals surface area (Å²) in [6, 6.07) is 0. The molecule has 0 radical (unpaired) electrons.